The number of aromatic nitrogens is 2. The highest BCUT2D eigenvalue weighted by molar-refractivity contribution is 8.26. The van der Waals surface area contributed by atoms with Crippen LogP contribution in [0.1, 0.15) is 36.6 Å². The van der Waals surface area contributed by atoms with Crippen molar-refractivity contribution < 1.29 is 4.79 Å². The molecule has 0 bridgehead atoms. The highest BCUT2D eigenvalue weighted by Crippen LogP contribution is 2.38. The van der Waals surface area contributed by atoms with Gasteiger partial charge in [0.25, 0.3) is 11.5 Å². The number of hydrogen-bond donors (Lipinski definition) is 0. The number of piperazine rings is 1. The van der Waals surface area contributed by atoms with E-state index < -0.39 is 0 Å². The van der Waals surface area contributed by atoms with E-state index in [0.29, 0.717) is 26.3 Å². The zero-order valence-corrected chi connectivity index (χ0v) is 22.3. The Morgan fingerprint density at radius 3 is 2.50 bits per heavy atom. The van der Waals surface area contributed by atoms with Crippen LogP contribution in [0.25, 0.3) is 11.7 Å². The number of thioether (sulfide) groups is 1. The summed E-state index contributed by atoms with van der Waals surface area (Å²) in [6.45, 7) is 10.4. The van der Waals surface area contributed by atoms with E-state index in [1.54, 1.807) is 21.6 Å². The van der Waals surface area contributed by atoms with Crippen LogP contribution in [-0.2, 0) is 4.79 Å². The normalized spacial score (nSPS) is 19.0. The molecular weight excluding hydrogens is 490 g/mol. The minimum atomic E-state index is -0.204. The number of amides is 1. The van der Waals surface area contributed by atoms with Gasteiger partial charge in [0.2, 0.25) is 0 Å². The van der Waals surface area contributed by atoms with Crippen molar-refractivity contribution in [3.63, 3.8) is 0 Å². The SMILES string of the molecule is CCN1CCN(c2nc3c(C)cccn3c(=O)c2/C=C2\SC(=S)N([C@H](C)c3ccccc3)C2=O)CC1. The van der Waals surface area contributed by atoms with E-state index >= 15 is 0 Å². The Balaban J connectivity index is 1.58. The molecule has 2 saturated heterocycles. The highest BCUT2D eigenvalue weighted by Gasteiger charge is 2.36. The van der Waals surface area contributed by atoms with Crippen molar-refractivity contribution in [3.05, 3.63) is 80.6 Å². The summed E-state index contributed by atoms with van der Waals surface area (Å²) in [6, 6.07) is 13.4. The molecule has 7 nitrogen and oxygen atoms in total. The average molecular weight is 520 g/mol. The van der Waals surface area contributed by atoms with Crippen LogP contribution in [0.2, 0.25) is 0 Å². The Bertz CT molecular complexity index is 1410. The Labute approximate surface area is 220 Å². The van der Waals surface area contributed by atoms with Crippen LogP contribution >= 0.6 is 24.0 Å². The summed E-state index contributed by atoms with van der Waals surface area (Å²) in [5.41, 5.74) is 2.82. The number of rotatable bonds is 5. The van der Waals surface area contributed by atoms with Crippen LogP contribution in [0, 0.1) is 6.92 Å². The zero-order valence-electron chi connectivity index (χ0n) is 20.7. The molecular formula is C27H29N5O2S2. The molecule has 0 N–H and O–H groups in total. The van der Waals surface area contributed by atoms with Crippen molar-refractivity contribution in [2.75, 3.05) is 37.6 Å². The van der Waals surface area contributed by atoms with Crippen molar-refractivity contribution in [1.82, 2.24) is 19.2 Å². The van der Waals surface area contributed by atoms with Gasteiger partial charge in [-0.3, -0.25) is 18.9 Å². The number of aryl methyl sites for hydroxylation is 1. The van der Waals surface area contributed by atoms with Gasteiger partial charge >= 0.3 is 0 Å². The molecule has 186 valence electrons. The highest BCUT2D eigenvalue weighted by atomic mass is 32.2. The molecule has 2 aromatic heterocycles. The standard InChI is InChI=1S/C27H29N5O2S2/c1-4-29-13-15-30(16-14-29)24-21(25(33)31-12-8-9-18(2)23(31)28-24)17-22-26(34)32(27(35)36-22)19(3)20-10-6-5-7-11-20/h5-12,17,19H,4,13-16H2,1-3H3/b22-17-/t19-/m1/s1. The van der Waals surface area contributed by atoms with Crippen molar-refractivity contribution in [3.8, 4) is 0 Å². The van der Waals surface area contributed by atoms with E-state index in [1.165, 1.54) is 11.8 Å². The summed E-state index contributed by atoms with van der Waals surface area (Å²) < 4.78 is 2.06. The molecule has 2 aliphatic rings. The fourth-order valence-corrected chi connectivity index (χ4v) is 6.17. The van der Waals surface area contributed by atoms with E-state index in [0.717, 1.165) is 43.9 Å². The molecule has 0 saturated carbocycles. The van der Waals surface area contributed by atoms with Crippen molar-refractivity contribution in [2.24, 2.45) is 0 Å². The lowest BCUT2D eigenvalue weighted by Gasteiger charge is -2.35. The number of likely N-dealkylation sites (N-methyl/N-ethyl adjacent to an activating group) is 1. The molecule has 0 unspecified atom stereocenters. The number of nitrogens with zero attached hydrogens (tertiary/aromatic N) is 5. The third kappa shape index (κ3) is 4.47. The number of fused-ring (bicyclic) bond motifs is 1. The molecule has 9 heteroatoms. The van der Waals surface area contributed by atoms with Gasteiger partial charge < -0.3 is 9.80 Å². The maximum absolute atomic E-state index is 13.8. The molecule has 5 rings (SSSR count). The summed E-state index contributed by atoms with van der Waals surface area (Å²) in [4.78, 5) is 38.9. The number of thiocarbonyl (C=S) groups is 1. The lowest BCUT2D eigenvalue weighted by atomic mass is 10.1. The zero-order chi connectivity index (χ0) is 25.4. The Kier molecular flexibility index (Phi) is 6.96. The molecule has 2 fully saturated rings. The third-order valence-corrected chi connectivity index (χ3v) is 8.28. The second kappa shape index (κ2) is 10.2. The quantitative estimate of drug-likeness (QED) is 0.371. The Morgan fingerprint density at radius 1 is 1.08 bits per heavy atom. The average Bonchev–Trinajstić information content (AvgIpc) is 3.18. The van der Waals surface area contributed by atoms with Gasteiger partial charge in [0, 0.05) is 32.4 Å². The Morgan fingerprint density at radius 2 is 1.81 bits per heavy atom. The van der Waals surface area contributed by atoms with Gasteiger partial charge in [-0.25, -0.2) is 4.98 Å². The fourth-order valence-electron chi connectivity index (χ4n) is 4.77. The lowest BCUT2D eigenvalue weighted by Crippen LogP contribution is -2.47. The maximum Gasteiger partial charge on any atom is 0.267 e. The first kappa shape index (κ1) is 24.7. The molecule has 0 radical (unpaired) electrons. The summed E-state index contributed by atoms with van der Waals surface area (Å²) in [6.07, 6.45) is 3.43. The summed E-state index contributed by atoms with van der Waals surface area (Å²) in [5, 5.41) is 0. The topological polar surface area (TPSA) is 61.2 Å². The van der Waals surface area contributed by atoms with E-state index in [9.17, 15) is 9.59 Å². The van der Waals surface area contributed by atoms with E-state index in [2.05, 4.69) is 16.7 Å². The van der Waals surface area contributed by atoms with Crippen molar-refractivity contribution >= 4 is 51.7 Å². The number of anilines is 1. The summed E-state index contributed by atoms with van der Waals surface area (Å²) >= 11 is 6.85. The number of hydrogen-bond acceptors (Lipinski definition) is 7. The van der Waals surface area contributed by atoms with Crippen LogP contribution in [0.5, 0.6) is 0 Å². The summed E-state index contributed by atoms with van der Waals surface area (Å²) in [5.74, 6) is 0.447. The minimum absolute atomic E-state index is 0.182. The molecule has 36 heavy (non-hydrogen) atoms. The monoisotopic (exact) mass is 519 g/mol. The van der Waals surface area contributed by atoms with Gasteiger partial charge in [0.1, 0.15) is 15.8 Å². The number of carbonyl (C=O) groups excluding carboxylic acids is 1. The van der Waals surface area contributed by atoms with Crippen LogP contribution in [0.4, 0.5) is 5.82 Å². The second-order valence-electron chi connectivity index (χ2n) is 9.10. The van der Waals surface area contributed by atoms with E-state index in [4.69, 9.17) is 17.2 Å². The van der Waals surface area contributed by atoms with Crippen LogP contribution < -0.4 is 10.5 Å². The summed E-state index contributed by atoms with van der Waals surface area (Å²) in [7, 11) is 0. The smallest absolute Gasteiger partial charge is 0.267 e. The third-order valence-electron chi connectivity index (χ3n) is 6.95. The molecule has 2 aliphatic heterocycles. The largest absolute Gasteiger partial charge is 0.353 e. The van der Waals surface area contributed by atoms with Gasteiger partial charge in [-0.1, -0.05) is 67.3 Å². The first-order chi connectivity index (χ1) is 17.4. The van der Waals surface area contributed by atoms with E-state index in [1.807, 2.05) is 56.3 Å². The number of benzene rings is 1. The van der Waals surface area contributed by atoms with Crippen LogP contribution in [0.3, 0.4) is 0 Å². The van der Waals surface area contributed by atoms with Gasteiger partial charge in [0.05, 0.1) is 16.5 Å². The second-order valence-corrected chi connectivity index (χ2v) is 10.8. The molecule has 4 heterocycles. The van der Waals surface area contributed by atoms with Crippen LogP contribution in [0.15, 0.2) is 58.4 Å². The molecule has 0 aliphatic carbocycles. The fraction of sp³-hybridized carbons (Fsp3) is 0.333. The van der Waals surface area contributed by atoms with E-state index in [-0.39, 0.29) is 17.5 Å². The lowest BCUT2D eigenvalue weighted by molar-refractivity contribution is -0.123. The molecule has 1 atom stereocenters. The number of carbonyl (C=O) groups is 1. The van der Waals surface area contributed by atoms with Crippen molar-refractivity contribution in [1.29, 1.82) is 0 Å². The molecule has 3 aromatic rings. The first-order valence-corrected chi connectivity index (χ1v) is 13.4. The maximum atomic E-state index is 13.8. The predicted octanol–water partition coefficient (Wildman–Crippen LogP) is 4.11. The van der Waals surface area contributed by atoms with Crippen LogP contribution in [-0.4, -0.2) is 62.1 Å². The van der Waals surface area contributed by atoms with Gasteiger partial charge in [-0.2, -0.15) is 0 Å². The molecule has 1 aromatic carbocycles. The van der Waals surface area contributed by atoms with Gasteiger partial charge in [0.15, 0.2) is 0 Å². The molecule has 1 amide bonds. The van der Waals surface area contributed by atoms with Crippen molar-refractivity contribution in [2.45, 2.75) is 26.8 Å². The van der Waals surface area contributed by atoms with Gasteiger partial charge in [-0.15, -0.1) is 0 Å². The van der Waals surface area contributed by atoms with Gasteiger partial charge in [-0.05, 0) is 43.7 Å². The Hall–Kier alpha value is -3.01. The first-order valence-electron chi connectivity index (χ1n) is 12.2. The number of pyridine rings is 1. The minimum Gasteiger partial charge on any atom is -0.353 e. The predicted molar refractivity (Wildman–Crippen MR) is 150 cm³/mol. The molecule has 0 spiro atoms.